The van der Waals surface area contributed by atoms with Crippen molar-refractivity contribution < 1.29 is 0 Å². The Balaban J connectivity index is 3.38. The quantitative estimate of drug-likeness (QED) is 0.480. The number of hydrogen-bond acceptors (Lipinski definition) is 0. The lowest BCUT2D eigenvalue weighted by atomic mass is 10.1. The molecule has 0 aliphatic carbocycles. The fourth-order valence-corrected chi connectivity index (χ4v) is 1.40. The van der Waals surface area contributed by atoms with Crippen LogP contribution < -0.4 is 0 Å². The second kappa shape index (κ2) is 6.59. The van der Waals surface area contributed by atoms with Crippen molar-refractivity contribution in [1.29, 1.82) is 0 Å². The maximum absolute atomic E-state index is 5.84. The van der Waals surface area contributed by atoms with Crippen LogP contribution in [-0.4, -0.2) is 9.17 Å². The fourth-order valence-electron chi connectivity index (χ4n) is 0.914. The maximum atomic E-state index is 5.84. The van der Waals surface area contributed by atoms with Crippen molar-refractivity contribution in [3.8, 4) is 0 Å². The molecule has 74 valence electrons. The van der Waals surface area contributed by atoms with Crippen LogP contribution in [0, 0.1) is 0 Å². The van der Waals surface area contributed by atoms with Crippen molar-refractivity contribution >= 4 is 46.4 Å². The van der Waals surface area contributed by atoms with Gasteiger partial charge in [0.15, 0.2) is 0 Å². The van der Waals surface area contributed by atoms with Gasteiger partial charge in [0.25, 0.3) is 0 Å². The van der Waals surface area contributed by atoms with Gasteiger partial charge in [-0.3, -0.25) is 0 Å². The smallest absolute Gasteiger partial charge is 0.118 e. The number of halogens is 4. The molecular weight excluding hydrogens is 238 g/mol. The molecule has 0 nitrogen and oxygen atoms in total. The Kier molecular flexibility index (Phi) is 7.23. The van der Waals surface area contributed by atoms with E-state index in [1.54, 1.807) is 0 Å². The van der Waals surface area contributed by atoms with Crippen LogP contribution in [0.5, 0.6) is 0 Å². The molecule has 0 bridgehead atoms. The molecule has 0 saturated heterocycles. The Morgan fingerprint density at radius 3 is 2.08 bits per heavy atom. The lowest BCUT2D eigenvalue weighted by molar-refractivity contribution is 0.616. The summed E-state index contributed by atoms with van der Waals surface area (Å²) in [6.45, 7) is 2.16. The third kappa shape index (κ3) is 6.65. The standard InChI is InChI=1S/C8H14Cl4/c1-2-3-4-5-6-7(9)8(10,11)12/h7H,2-6H2,1H3. The Bertz CT molecular complexity index is 108. The van der Waals surface area contributed by atoms with Crippen molar-refractivity contribution in [3.63, 3.8) is 0 Å². The van der Waals surface area contributed by atoms with Gasteiger partial charge in [-0.15, -0.1) is 11.6 Å². The predicted molar refractivity (Wildman–Crippen MR) is 58.7 cm³/mol. The molecule has 0 radical (unpaired) electrons. The van der Waals surface area contributed by atoms with Crippen LogP contribution in [0.2, 0.25) is 0 Å². The molecule has 0 amide bonds. The largest absolute Gasteiger partial charge is 0.206 e. The zero-order chi connectivity index (χ0) is 9.61. The molecule has 0 aromatic heterocycles. The third-order valence-corrected chi connectivity index (χ3v) is 3.34. The van der Waals surface area contributed by atoms with Gasteiger partial charge < -0.3 is 0 Å². The Hall–Kier alpha value is 1.16. The van der Waals surface area contributed by atoms with Crippen LogP contribution >= 0.6 is 46.4 Å². The van der Waals surface area contributed by atoms with Gasteiger partial charge in [0.05, 0.1) is 5.38 Å². The highest BCUT2D eigenvalue weighted by Gasteiger charge is 2.29. The molecule has 0 heterocycles. The van der Waals surface area contributed by atoms with Gasteiger partial charge >= 0.3 is 0 Å². The van der Waals surface area contributed by atoms with E-state index in [1.807, 2.05) is 0 Å². The summed E-state index contributed by atoms with van der Waals surface area (Å²) in [6.07, 6.45) is 5.42. The molecule has 0 spiro atoms. The molecule has 0 aromatic rings. The van der Waals surface area contributed by atoms with Crippen LogP contribution in [0.3, 0.4) is 0 Å². The topological polar surface area (TPSA) is 0 Å². The Morgan fingerprint density at radius 1 is 1.08 bits per heavy atom. The van der Waals surface area contributed by atoms with Crippen molar-refractivity contribution in [2.75, 3.05) is 0 Å². The van der Waals surface area contributed by atoms with Crippen molar-refractivity contribution in [1.82, 2.24) is 0 Å². The SMILES string of the molecule is CCCCCCC(Cl)C(Cl)(Cl)Cl. The van der Waals surface area contributed by atoms with E-state index in [0.29, 0.717) is 0 Å². The van der Waals surface area contributed by atoms with E-state index in [-0.39, 0.29) is 5.38 Å². The van der Waals surface area contributed by atoms with Crippen LogP contribution in [-0.2, 0) is 0 Å². The van der Waals surface area contributed by atoms with Crippen molar-refractivity contribution in [2.45, 2.75) is 48.2 Å². The summed E-state index contributed by atoms with van der Waals surface area (Å²) in [5.41, 5.74) is 0. The summed E-state index contributed by atoms with van der Waals surface area (Å²) in [6, 6.07) is 0. The molecule has 0 aliphatic rings. The molecule has 0 saturated carbocycles. The first-order valence-corrected chi connectivity index (χ1v) is 5.76. The second-order valence-electron chi connectivity index (χ2n) is 2.86. The van der Waals surface area contributed by atoms with Crippen LogP contribution in [0.1, 0.15) is 39.0 Å². The molecule has 0 fully saturated rings. The molecule has 1 atom stereocenters. The summed E-state index contributed by atoms with van der Waals surface area (Å²) in [5, 5.41) is -0.362. The van der Waals surface area contributed by atoms with E-state index < -0.39 is 3.79 Å². The molecule has 0 N–H and O–H groups in total. The van der Waals surface area contributed by atoms with Crippen molar-refractivity contribution in [3.05, 3.63) is 0 Å². The van der Waals surface area contributed by atoms with Crippen molar-refractivity contribution in [2.24, 2.45) is 0 Å². The molecular formula is C8H14Cl4. The van der Waals surface area contributed by atoms with Gasteiger partial charge in [-0.25, -0.2) is 0 Å². The van der Waals surface area contributed by atoms with Crippen LogP contribution in [0.4, 0.5) is 0 Å². The molecule has 0 aromatic carbocycles. The van der Waals surface area contributed by atoms with E-state index in [0.717, 1.165) is 12.8 Å². The first-order valence-electron chi connectivity index (χ1n) is 4.19. The van der Waals surface area contributed by atoms with Gasteiger partial charge in [0.2, 0.25) is 3.79 Å². The van der Waals surface area contributed by atoms with Gasteiger partial charge in [-0.1, -0.05) is 67.4 Å². The highest BCUT2D eigenvalue weighted by Crippen LogP contribution is 2.36. The van der Waals surface area contributed by atoms with Crippen LogP contribution in [0.25, 0.3) is 0 Å². The normalized spacial score (nSPS) is 14.8. The van der Waals surface area contributed by atoms with E-state index in [2.05, 4.69) is 6.92 Å². The van der Waals surface area contributed by atoms with Crippen LogP contribution in [0.15, 0.2) is 0 Å². The zero-order valence-corrected chi connectivity index (χ0v) is 10.1. The lowest BCUT2D eigenvalue weighted by Crippen LogP contribution is -2.18. The van der Waals surface area contributed by atoms with Gasteiger partial charge in [-0.2, -0.15) is 0 Å². The first kappa shape index (κ1) is 13.2. The molecule has 12 heavy (non-hydrogen) atoms. The van der Waals surface area contributed by atoms with Gasteiger partial charge in [0.1, 0.15) is 0 Å². The number of hydrogen-bond donors (Lipinski definition) is 0. The number of unbranched alkanes of at least 4 members (excludes halogenated alkanes) is 3. The summed E-state index contributed by atoms with van der Waals surface area (Å²) >= 11 is 22.6. The zero-order valence-electron chi connectivity index (χ0n) is 7.12. The number of alkyl halides is 4. The third-order valence-electron chi connectivity index (χ3n) is 1.67. The van der Waals surface area contributed by atoms with Gasteiger partial charge in [0, 0.05) is 0 Å². The predicted octanol–water partition coefficient (Wildman–Crippen LogP) is 4.93. The second-order valence-corrected chi connectivity index (χ2v) is 5.75. The summed E-state index contributed by atoms with van der Waals surface area (Å²) in [4.78, 5) is 0. The summed E-state index contributed by atoms with van der Waals surface area (Å²) < 4.78 is -1.31. The molecule has 0 aliphatic heterocycles. The highest BCUT2D eigenvalue weighted by atomic mass is 35.6. The van der Waals surface area contributed by atoms with Gasteiger partial charge in [-0.05, 0) is 6.42 Å². The van der Waals surface area contributed by atoms with E-state index in [4.69, 9.17) is 46.4 Å². The molecule has 4 heteroatoms. The molecule has 1 unspecified atom stereocenters. The number of rotatable bonds is 5. The van der Waals surface area contributed by atoms with E-state index >= 15 is 0 Å². The minimum Gasteiger partial charge on any atom is -0.118 e. The monoisotopic (exact) mass is 250 g/mol. The molecule has 0 rings (SSSR count). The van der Waals surface area contributed by atoms with E-state index in [1.165, 1.54) is 19.3 Å². The Labute approximate surface area is 94.5 Å². The minimum absolute atomic E-state index is 0.362. The summed E-state index contributed by atoms with van der Waals surface area (Å²) in [7, 11) is 0. The average molecular weight is 252 g/mol. The minimum atomic E-state index is -1.31. The highest BCUT2D eigenvalue weighted by molar-refractivity contribution is 6.70. The maximum Gasteiger partial charge on any atom is 0.206 e. The fraction of sp³-hybridized carbons (Fsp3) is 1.00. The van der Waals surface area contributed by atoms with E-state index in [9.17, 15) is 0 Å². The summed E-state index contributed by atoms with van der Waals surface area (Å²) in [5.74, 6) is 0. The lowest BCUT2D eigenvalue weighted by Gasteiger charge is -2.17. The average Bonchev–Trinajstić information content (AvgIpc) is 1.96. The Morgan fingerprint density at radius 2 is 1.67 bits per heavy atom. The first-order chi connectivity index (χ1) is 5.48.